The van der Waals surface area contributed by atoms with Crippen molar-refractivity contribution in [3.63, 3.8) is 0 Å². The van der Waals surface area contributed by atoms with Gasteiger partial charge in [0.25, 0.3) is 11.8 Å². The number of carbonyl (C=O) groups excluding carboxylic acids is 2. The Morgan fingerprint density at radius 1 is 0.946 bits per heavy atom. The van der Waals surface area contributed by atoms with Crippen LogP contribution in [-0.2, 0) is 6.42 Å². The summed E-state index contributed by atoms with van der Waals surface area (Å²) >= 11 is 8.82. The normalized spacial score (nSPS) is 10.5. The monoisotopic (exact) mass is 581 g/mol. The standard InChI is InChI=1S/C29H32BrN3O3S/c1-3-16-33(17-4-2)28(35)22-11-8-12-24(19-22)31-29(37)32-27(34)25-20-23(30)13-14-26(25)36-18-15-21-9-6-5-7-10-21/h5-14,19-20H,3-4,15-18H2,1-2H3,(H2,31,32,34,37). The Balaban J connectivity index is 1.64. The van der Waals surface area contributed by atoms with Gasteiger partial charge in [-0.2, -0.15) is 0 Å². The fraction of sp³-hybridized carbons (Fsp3) is 0.276. The molecule has 3 rings (SSSR count). The third kappa shape index (κ3) is 8.68. The Bertz CT molecular complexity index is 1210. The Morgan fingerprint density at radius 3 is 2.38 bits per heavy atom. The minimum atomic E-state index is -0.391. The summed E-state index contributed by atoms with van der Waals surface area (Å²) < 4.78 is 6.69. The predicted octanol–water partition coefficient (Wildman–Crippen LogP) is 6.46. The van der Waals surface area contributed by atoms with Gasteiger partial charge in [-0.25, -0.2) is 0 Å². The molecule has 0 spiro atoms. The van der Waals surface area contributed by atoms with Crippen molar-refractivity contribution >= 4 is 50.8 Å². The highest BCUT2D eigenvalue weighted by molar-refractivity contribution is 9.10. The van der Waals surface area contributed by atoms with E-state index in [1.165, 1.54) is 0 Å². The van der Waals surface area contributed by atoms with Crippen molar-refractivity contribution in [3.8, 4) is 5.75 Å². The number of ether oxygens (including phenoxy) is 1. The number of carbonyl (C=O) groups is 2. The van der Waals surface area contributed by atoms with Gasteiger partial charge in [-0.1, -0.05) is 66.2 Å². The topological polar surface area (TPSA) is 70.7 Å². The number of rotatable bonds is 11. The molecule has 0 aliphatic rings. The molecule has 3 aromatic carbocycles. The van der Waals surface area contributed by atoms with Crippen LogP contribution in [0.5, 0.6) is 5.75 Å². The van der Waals surface area contributed by atoms with E-state index in [-0.39, 0.29) is 11.0 Å². The van der Waals surface area contributed by atoms with Gasteiger partial charge in [0.1, 0.15) is 5.75 Å². The van der Waals surface area contributed by atoms with E-state index in [1.807, 2.05) is 41.3 Å². The maximum absolute atomic E-state index is 13.1. The van der Waals surface area contributed by atoms with Gasteiger partial charge in [0.15, 0.2) is 5.11 Å². The molecule has 6 nitrogen and oxygen atoms in total. The molecule has 0 atom stereocenters. The second-order valence-corrected chi connectivity index (χ2v) is 9.83. The predicted molar refractivity (Wildman–Crippen MR) is 156 cm³/mol. The Kier molecular flexibility index (Phi) is 11.1. The van der Waals surface area contributed by atoms with E-state index in [9.17, 15) is 9.59 Å². The lowest BCUT2D eigenvalue weighted by molar-refractivity contribution is 0.0755. The average Bonchev–Trinajstić information content (AvgIpc) is 2.89. The molecule has 0 radical (unpaired) electrons. The number of benzene rings is 3. The number of hydrogen-bond donors (Lipinski definition) is 2. The first-order valence-electron chi connectivity index (χ1n) is 12.4. The van der Waals surface area contributed by atoms with E-state index in [4.69, 9.17) is 17.0 Å². The zero-order valence-electron chi connectivity index (χ0n) is 21.1. The molecule has 0 bridgehead atoms. The van der Waals surface area contributed by atoms with Gasteiger partial charge in [-0.3, -0.25) is 14.9 Å². The third-order valence-corrected chi connectivity index (χ3v) is 6.24. The van der Waals surface area contributed by atoms with Crippen molar-refractivity contribution < 1.29 is 14.3 Å². The molecule has 194 valence electrons. The highest BCUT2D eigenvalue weighted by Gasteiger charge is 2.17. The summed E-state index contributed by atoms with van der Waals surface area (Å²) in [4.78, 5) is 27.9. The Morgan fingerprint density at radius 2 is 1.68 bits per heavy atom. The SMILES string of the molecule is CCCN(CCC)C(=O)c1cccc(NC(=S)NC(=O)c2cc(Br)ccc2OCCc2ccccc2)c1. The number of thiocarbonyl (C=S) groups is 1. The molecule has 2 N–H and O–H groups in total. The molecule has 0 aliphatic heterocycles. The smallest absolute Gasteiger partial charge is 0.261 e. The van der Waals surface area contributed by atoms with Crippen LogP contribution in [0.2, 0.25) is 0 Å². The summed E-state index contributed by atoms with van der Waals surface area (Å²) in [6.07, 6.45) is 2.52. The lowest BCUT2D eigenvalue weighted by atomic mass is 10.1. The van der Waals surface area contributed by atoms with Gasteiger partial charge < -0.3 is 15.0 Å². The molecule has 2 amide bonds. The van der Waals surface area contributed by atoms with Gasteiger partial charge in [-0.15, -0.1) is 0 Å². The molecule has 0 saturated carbocycles. The third-order valence-electron chi connectivity index (χ3n) is 5.55. The number of nitrogens with one attached hydrogen (secondary N) is 2. The molecular formula is C29H32BrN3O3S. The second-order valence-electron chi connectivity index (χ2n) is 8.51. The van der Waals surface area contributed by atoms with E-state index < -0.39 is 5.91 Å². The number of nitrogens with zero attached hydrogens (tertiary/aromatic N) is 1. The van der Waals surface area contributed by atoms with E-state index in [2.05, 4.69) is 40.4 Å². The number of amides is 2. The van der Waals surface area contributed by atoms with Crippen LogP contribution in [0.1, 0.15) is 53.0 Å². The second kappa shape index (κ2) is 14.5. The maximum Gasteiger partial charge on any atom is 0.261 e. The van der Waals surface area contributed by atoms with E-state index in [0.29, 0.717) is 42.3 Å². The molecule has 0 aliphatic carbocycles. The van der Waals surface area contributed by atoms with Gasteiger partial charge >= 0.3 is 0 Å². The summed E-state index contributed by atoms with van der Waals surface area (Å²) in [5, 5.41) is 5.86. The minimum Gasteiger partial charge on any atom is -0.492 e. The first-order valence-corrected chi connectivity index (χ1v) is 13.6. The van der Waals surface area contributed by atoms with Gasteiger partial charge in [0.05, 0.1) is 12.2 Å². The largest absolute Gasteiger partial charge is 0.492 e. The number of anilines is 1. The van der Waals surface area contributed by atoms with Crippen molar-refractivity contribution in [2.45, 2.75) is 33.1 Å². The Labute approximate surface area is 232 Å². The fourth-order valence-electron chi connectivity index (χ4n) is 3.83. The van der Waals surface area contributed by atoms with Crippen molar-refractivity contribution in [2.24, 2.45) is 0 Å². The van der Waals surface area contributed by atoms with E-state index in [0.717, 1.165) is 29.3 Å². The van der Waals surface area contributed by atoms with Crippen molar-refractivity contribution in [1.82, 2.24) is 10.2 Å². The minimum absolute atomic E-state index is 0.0197. The van der Waals surface area contributed by atoms with Crippen LogP contribution in [0.15, 0.2) is 77.3 Å². The highest BCUT2D eigenvalue weighted by Crippen LogP contribution is 2.24. The summed E-state index contributed by atoms with van der Waals surface area (Å²) in [5.74, 6) is 0.0607. The molecule has 8 heteroatoms. The zero-order chi connectivity index (χ0) is 26.6. The first kappa shape index (κ1) is 28.3. The summed E-state index contributed by atoms with van der Waals surface area (Å²) in [5.41, 5.74) is 2.72. The average molecular weight is 583 g/mol. The number of halogens is 1. The van der Waals surface area contributed by atoms with Crippen LogP contribution < -0.4 is 15.4 Å². The van der Waals surface area contributed by atoms with Crippen LogP contribution in [0.25, 0.3) is 0 Å². The quantitative estimate of drug-likeness (QED) is 0.254. The van der Waals surface area contributed by atoms with Crippen molar-refractivity contribution in [1.29, 1.82) is 0 Å². The lowest BCUT2D eigenvalue weighted by Gasteiger charge is -2.22. The van der Waals surface area contributed by atoms with Crippen LogP contribution in [0.3, 0.4) is 0 Å². The molecule has 0 unspecified atom stereocenters. The van der Waals surface area contributed by atoms with E-state index in [1.54, 1.807) is 36.4 Å². The first-order chi connectivity index (χ1) is 17.9. The zero-order valence-corrected chi connectivity index (χ0v) is 23.5. The Hall–Kier alpha value is -3.23. The summed E-state index contributed by atoms with van der Waals surface area (Å²) in [6.45, 7) is 5.96. The lowest BCUT2D eigenvalue weighted by Crippen LogP contribution is -2.35. The van der Waals surface area contributed by atoms with Gasteiger partial charge in [-0.05, 0) is 67.0 Å². The van der Waals surface area contributed by atoms with Crippen molar-refractivity contribution in [2.75, 3.05) is 25.0 Å². The van der Waals surface area contributed by atoms with Gasteiger partial charge in [0, 0.05) is 35.2 Å². The van der Waals surface area contributed by atoms with Crippen molar-refractivity contribution in [3.05, 3.63) is 94.0 Å². The van der Waals surface area contributed by atoms with Crippen LogP contribution in [0, 0.1) is 0 Å². The highest BCUT2D eigenvalue weighted by atomic mass is 79.9. The molecule has 0 saturated heterocycles. The molecular weight excluding hydrogens is 550 g/mol. The molecule has 0 heterocycles. The van der Waals surface area contributed by atoms with Crippen LogP contribution in [0.4, 0.5) is 5.69 Å². The summed E-state index contributed by atoms with van der Waals surface area (Å²) in [7, 11) is 0. The van der Waals surface area contributed by atoms with Crippen LogP contribution >= 0.6 is 28.1 Å². The molecule has 3 aromatic rings. The molecule has 37 heavy (non-hydrogen) atoms. The molecule has 0 aromatic heterocycles. The van der Waals surface area contributed by atoms with E-state index >= 15 is 0 Å². The molecule has 0 fully saturated rings. The van der Waals surface area contributed by atoms with Gasteiger partial charge in [0.2, 0.25) is 0 Å². The summed E-state index contributed by atoms with van der Waals surface area (Å²) in [6, 6.07) is 22.4. The number of hydrogen-bond acceptors (Lipinski definition) is 4. The van der Waals surface area contributed by atoms with Crippen LogP contribution in [-0.4, -0.2) is 41.5 Å². The maximum atomic E-state index is 13.1. The fourth-order valence-corrected chi connectivity index (χ4v) is 4.40.